The molecule has 0 amide bonds. The quantitative estimate of drug-likeness (QED) is 0.913. The van der Waals surface area contributed by atoms with Crippen molar-refractivity contribution >= 4 is 29.2 Å². The highest BCUT2D eigenvalue weighted by molar-refractivity contribution is 7.99. The zero-order valence-electron chi connectivity index (χ0n) is 8.32. The molecule has 0 aliphatic heterocycles. The first-order chi connectivity index (χ1) is 8.06. The molecule has 0 saturated carbocycles. The first-order valence-electron chi connectivity index (χ1n) is 4.47. The van der Waals surface area contributed by atoms with Gasteiger partial charge in [-0.3, -0.25) is 0 Å². The summed E-state index contributed by atoms with van der Waals surface area (Å²) in [6.45, 7) is 0. The van der Waals surface area contributed by atoms with Gasteiger partial charge in [0.1, 0.15) is 10.1 Å². The van der Waals surface area contributed by atoms with Gasteiger partial charge in [0.2, 0.25) is 0 Å². The Hall–Kier alpha value is -1.40. The van der Waals surface area contributed by atoms with Gasteiger partial charge in [-0.05, 0) is 23.9 Å². The number of nitrogen functional groups attached to an aromatic ring is 1. The Balaban J connectivity index is 2.30. The van der Waals surface area contributed by atoms with Crippen LogP contribution in [0.5, 0.6) is 0 Å². The second-order valence-electron chi connectivity index (χ2n) is 3.06. The second kappa shape index (κ2) is 4.85. The van der Waals surface area contributed by atoms with E-state index in [1.54, 1.807) is 12.1 Å². The van der Waals surface area contributed by atoms with Crippen molar-refractivity contribution in [3.63, 3.8) is 0 Å². The lowest BCUT2D eigenvalue weighted by Gasteiger charge is -2.03. The summed E-state index contributed by atoms with van der Waals surface area (Å²) in [7, 11) is 0. The van der Waals surface area contributed by atoms with Gasteiger partial charge in [-0.2, -0.15) is 0 Å². The van der Waals surface area contributed by atoms with Crippen molar-refractivity contribution < 1.29 is 8.78 Å². The van der Waals surface area contributed by atoms with E-state index in [2.05, 4.69) is 9.97 Å². The third-order valence-electron chi connectivity index (χ3n) is 1.83. The van der Waals surface area contributed by atoms with Crippen LogP contribution in [0.3, 0.4) is 0 Å². The van der Waals surface area contributed by atoms with Crippen molar-refractivity contribution in [1.82, 2.24) is 9.97 Å². The van der Waals surface area contributed by atoms with Crippen LogP contribution in [0.2, 0.25) is 5.02 Å². The number of nitrogens with two attached hydrogens (primary N) is 1. The Morgan fingerprint density at radius 1 is 1.24 bits per heavy atom. The van der Waals surface area contributed by atoms with Crippen molar-refractivity contribution in [3.05, 3.63) is 41.1 Å². The van der Waals surface area contributed by atoms with Gasteiger partial charge >= 0.3 is 0 Å². The lowest BCUT2D eigenvalue weighted by atomic mass is 10.4. The minimum absolute atomic E-state index is 0.0290. The van der Waals surface area contributed by atoms with Crippen LogP contribution in [0.15, 0.2) is 34.4 Å². The van der Waals surface area contributed by atoms with Crippen molar-refractivity contribution in [2.24, 2.45) is 0 Å². The van der Waals surface area contributed by atoms with E-state index in [0.717, 1.165) is 11.8 Å². The molecule has 0 fully saturated rings. The van der Waals surface area contributed by atoms with Crippen LogP contribution in [0.1, 0.15) is 0 Å². The summed E-state index contributed by atoms with van der Waals surface area (Å²) in [5, 5.41) is 0.937. The van der Waals surface area contributed by atoms with Crippen molar-refractivity contribution in [2.45, 2.75) is 10.1 Å². The van der Waals surface area contributed by atoms with E-state index in [9.17, 15) is 8.78 Å². The maximum absolute atomic E-state index is 13.4. The largest absolute Gasteiger partial charge is 0.381 e. The Morgan fingerprint density at radius 2 is 2.00 bits per heavy atom. The lowest BCUT2D eigenvalue weighted by molar-refractivity contribution is 0.552. The van der Waals surface area contributed by atoms with E-state index in [-0.39, 0.29) is 10.8 Å². The molecule has 2 N–H and O–H groups in total. The smallest absolute Gasteiger partial charge is 0.168 e. The first kappa shape index (κ1) is 12.1. The second-order valence-corrected chi connectivity index (χ2v) is 4.50. The third-order valence-corrected chi connectivity index (χ3v) is 2.98. The number of rotatable bonds is 2. The fourth-order valence-corrected chi connectivity index (χ4v) is 1.91. The molecular weight excluding hydrogens is 268 g/mol. The molecule has 0 bridgehead atoms. The highest BCUT2D eigenvalue weighted by Gasteiger charge is 2.11. The summed E-state index contributed by atoms with van der Waals surface area (Å²) >= 11 is 6.60. The number of hydrogen-bond acceptors (Lipinski definition) is 4. The van der Waals surface area contributed by atoms with E-state index in [4.69, 9.17) is 17.3 Å². The van der Waals surface area contributed by atoms with E-state index < -0.39 is 11.6 Å². The molecule has 0 aliphatic carbocycles. The average Bonchev–Trinajstić information content (AvgIpc) is 2.29. The van der Waals surface area contributed by atoms with Gasteiger partial charge in [0, 0.05) is 12.3 Å². The molecule has 88 valence electrons. The number of anilines is 1. The van der Waals surface area contributed by atoms with E-state index in [0.29, 0.717) is 16.1 Å². The first-order valence-corrected chi connectivity index (χ1v) is 5.66. The van der Waals surface area contributed by atoms with Crippen LogP contribution in [0, 0.1) is 11.6 Å². The summed E-state index contributed by atoms with van der Waals surface area (Å²) < 4.78 is 26.2. The maximum Gasteiger partial charge on any atom is 0.168 e. The van der Waals surface area contributed by atoms with Crippen LogP contribution in [0.25, 0.3) is 0 Å². The van der Waals surface area contributed by atoms with Gasteiger partial charge < -0.3 is 5.73 Å². The van der Waals surface area contributed by atoms with E-state index in [1.807, 2.05) is 0 Å². The van der Waals surface area contributed by atoms with Crippen molar-refractivity contribution in [2.75, 3.05) is 5.73 Å². The molecule has 0 radical (unpaired) electrons. The number of hydrogen-bond donors (Lipinski definition) is 1. The number of pyridine rings is 2. The molecule has 0 aliphatic rings. The number of nitrogens with zero attached hydrogens (tertiary/aromatic N) is 2. The highest BCUT2D eigenvalue weighted by Crippen LogP contribution is 2.28. The Labute approximate surface area is 105 Å². The predicted molar refractivity (Wildman–Crippen MR) is 61.9 cm³/mol. The molecule has 0 saturated heterocycles. The summed E-state index contributed by atoms with van der Waals surface area (Å²) in [4.78, 5) is 7.56. The summed E-state index contributed by atoms with van der Waals surface area (Å²) in [5.41, 5.74) is 5.26. The molecule has 2 rings (SSSR count). The minimum atomic E-state index is -0.879. The molecule has 7 heteroatoms. The third kappa shape index (κ3) is 2.83. The van der Waals surface area contributed by atoms with Crippen molar-refractivity contribution in [3.8, 4) is 0 Å². The zero-order chi connectivity index (χ0) is 12.4. The van der Waals surface area contributed by atoms with Crippen LogP contribution < -0.4 is 5.73 Å². The molecule has 2 aromatic heterocycles. The fourth-order valence-electron chi connectivity index (χ4n) is 1.06. The SMILES string of the molecule is Nc1nc(Sc2ccc(Cl)cn2)c(F)cc1F. The maximum atomic E-state index is 13.4. The van der Waals surface area contributed by atoms with Crippen molar-refractivity contribution in [1.29, 1.82) is 0 Å². The fraction of sp³-hybridized carbons (Fsp3) is 0. The molecule has 2 aromatic rings. The van der Waals surface area contributed by atoms with Crippen LogP contribution in [-0.4, -0.2) is 9.97 Å². The summed E-state index contributed by atoms with van der Waals surface area (Å²) in [6, 6.07) is 3.91. The van der Waals surface area contributed by atoms with Gasteiger partial charge in [0.15, 0.2) is 17.5 Å². The Bertz CT molecular complexity index is 548. The monoisotopic (exact) mass is 273 g/mol. The van der Waals surface area contributed by atoms with Gasteiger partial charge in [-0.15, -0.1) is 0 Å². The Morgan fingerprint density at radius 3 is 2.65 bits per heavy atom. The molecular formula is C10H6ClF2N3S. The average molecular weight is 274 g/mol. The van der Waals surface area contributed by atoms with Crippen LogP contribution in [-0.2, 0) is 0 Å². The molecule has 17 heavy (non-hydrogen) atoms. The molecule has 0 aromatic carbocycles. The van der Waals surface area contributed by atoms with Gasteiger partial charge in [0.25, 0.3) is 0 Å². The molecule has 0 spiro atoms. The molecule has 0 atom stereocenters. The van der Waals surface area contributed by atoms with E-state index >= 15 is 0 Å². The summed E-state index contributed by atoms with van der Waals surface area (Å²) in [5.74, 6) is -2.00. The van der Waals surface area contributed by atoms with Gasteiger partial charge in [-0.25, -0.2) is 18.7 Å². The van der Waals surface area contributed by atoms with Gasteiger partial charge in [0.05, 0.1) is 5.02 Å². The van der Waals surface area contributed by atoms with Crippen LogP contribution >= 0.6 is 23.4 Å². The minimum Gasteiger partial charge on any atom is -0.381 e. The molecule has 3 nitrogen and oxygen atoms in total. The topological polar surface area (TPSA) is 51.8 Å². The van der Waals surface area contributed by atoms with E-state index in [1.165, 1.54) is 6.20 Å². The number of halogens is 3. The number of aromatic nitrogens is 2. The highest BCUT2D eigenvalue weighted by atomic mass is 35.5. The molecule has 0 unspecified atom stereocenters. The summed E-state index contributed by atoms with van der Waals surface area (Å²) in [6.07, 6.45) is 1.43. The standard InChI is InChI=1S/C10H6ClF2N3S/c11-5-1-2-8(15-4-5)17-10-7(13)3-6(12)9(14)16-10/h1-4H,(H2,14,16). The molecule has 2 heterocycles. The van der Waals surface area contributed by atoms with Gasteiger partial charge in [-0.1, -0.05) is 11.6 Å². The zero-order valence-corrected chi connectivity index (χ0v) is 9.90. The predicted octanol–water partition coefficient (Wildman–Crippen LogP) is 3.14. The Kier molecular flexibility index (Phi) is 3.44. The van der Waals surface area contributed by atoms with Crippen LogP contribution in [0.4, 0.5) is 14.6 Å². The lowest BCUT2D eigenvalue weighted by Crippen LogP contribution is -1.99. The normalized spacial score (nSPS) is 10.5.